The van der Waals surface area contributed by atoms with Crippen molar-refractivity contribution < 1.29 is 22.5 Å². The van der Waals surface area contributed by atoms with Crippen molar-refractivity contribution in [3.8, 4) is 5.75 Å². The van der Waals surface area contributed by atoms with Crippen LogP contribution in [0.4, 0.5) is 5.69 Å². The summed E-state index contributed by atoms with van der Waals surface area (Å²) in [6, 6.07) is 12.5. The lowest BCUT2D eigenvalue weighted by Crippen LogP contribution is -2.48. The van der Waals surface area contributed by atoms with Crippen molar-refractivity contribution in [2.24, 2.45) is 5.92 Å². The van der Waals surface area contributed by atoms with Gasteiger partial charge in [0.2, 0.25) is 9.84 Å². The van der Waals surface area contributed by atoms with E-state index in [1.165, 1.54) is 6.20 Å². The Hall–Kier alpha value is -2.53. The molecule has 1 atom stereocenters. The first-order valence-electron chi connectivity index (χ1n) is 14.7. The highest BCUT2D eigenvalue weighted by molar-refractivity contribution is 7.91. The van der Waals surface area contributed by atoms with Gasteiger partial charge >= 0.3 is 0 Å². The van der Waals surface area contributed by atoms with E-state index in [4.69, 9.17) is 4.74 Å². The van der Waals surface area contributed by atoms with E-state index in [-0.39, 0.29) is 16.4 Å². The lowest BCUT2D eigenvalue weighted by atomic mass is 9.94. The molecule has 1 unspecified atom stereocenters. The number of aliphatic hydroxyl groups is 1. The number of aliphatic hydroxyl groups excluding tert-OH is 1. The summed E-state index contributed by atoms with van der Waals surface area (Å²) in [5, 5.41) is 10.2. The molecule has 0 aliphatic carbocycles. The van der Waals surface area contributed by atoms with Gasteiger partial charge in [0.1, 0.15) is 10.6 Å². The Balaban J connectivity index is 1.47. The normalized spacial score (nSPS) is 18.6. The van der Waals surface area contributed by atoms with Gasteiger partial charge in [0.15, 0.2) is 0 Å². The molecule has 222 valence electrons. The Morgan fingerprint density at radius 3 is 2.37 bits per heavy atom. The average molecular weight is 600 g/mol. The third kappa shape index (κ3) is 6.61. The highest BCUT2D eigenvalue weighted by Gasteiger charge is 2.32. The largest absolute Gasteiger partial charge is 0.494 e. The number of benzene rings is 2. The molecule has 10 heteroatoms. The fraction of sp³-hybridized carbons (Fsp3) is 0.516. The van der Waals surface area contributed by atoms with E-state index in [1.54, 1.807) is 36.6 Å². The zero-order valence-electron chi connectivity index (χ0n) is 24.0. The van der Waals surface area contributed by atoms with Crippen molar-refractivity contribution in [1.82, 2.24) is 9.88 Å². The zero-order chi connectivity index (χ0) is 29.0. The van der Waals surface area contributed by atoms with Crippen molar-refractivity contribution in [3.63, 3.8) is 0 Å². The second kappa shape index (κ2) is 13.2. The number of ether oxygens (including phenoxy) is 1. The number of sulfone groups is 1. The SMILES string of the molecule is CCCCOc1ccc(S(=O)(=O)c2cnc3ccc(S(C)=O)cc3c2N2CCC(N3CCC(CO)CC3)CC2)cc1. The molecular weight excluding hydrogens is 558 g/mol. The minimum atomic E-state index is -3.90. The summed E-state index contributed by atoms with van der Waals surface area (Å²) in [6.07, 6.45) is 8.97. The minimum Gasteiger partial charge on any atom is -0.494 e. The van der Waals surface area contributed by atoms with Gasteiger partial charge < -0.3 is 19.6 Å². The van der Waals surface area contributed by atoms with Crippen LogP contribution in [0.25, 0.3) is 10.9 Å². The van der Waals surface area contributed by atoms with E-state index in [9.17, 15) is 17.7 Å². The zero-order valence-corrected chi connectivity index (χ0v) is 25.6. The van der Waals surface area contributed by atoms with Crippen LogP contribution in [0, 0.1) is 5.92 Å². The van der Waals surface area contributed by atoms with Crippen LogP contribution in [0.15, 0.2) is 63.3 Å². The molecule has 8 nitrogen and oxygen atoms in total. The van der Waals surface area contributed by atoms with Gasteiger partial charge in [-0.05, 0) is 93.6 Å². The van der Waals surface area contributed by atoms with Crippen molar-refractivity contribution >= 4 is 37.2 Å². The Kier molecular flexibility index (Phi) is 9.63. The van der Waals surface area contributed by atoms with Crippen LogP contribution in [0.3, 0.4) is 0 Å². The summed E-state index contributed by atoms with van der Waals surface area (Å²) in [4.78, 5) is 10.3. The number of likely N-dealkylation sites (tertiary alicyclic amines) is 1. The van der Waals surface area contributed by atoms with E-state index >= 15 is 0 Å². The maximum Gasteiger partial charge on any atom is 0.210 e. The van der Waals surface area contributed by atoms with Crippen molar-refractivity contribution in [3.05, 3.63) is 48.7 Å². The molecule has 3 heterocycles. The standard InChI is InChI=1S/C31H41N3O5S2/c1-3-4-19-39-25-5-8-27(9-6-25)41(37,38)30-21-32-29-10-7-26(40(2)36)20-28(29)31(30)34-17-13-24(14-18-34)33-15-11-23(22-35)12-16-33/h5-10,20-21,23-24,35H,3-4,11-19,22H2,1-2H3. The highest BCUT2D eigenvalue weighted by atomic mass is 32.2. The van der Waals surface area contributed by atoms with E-state index in [0.717, 1.165) is 64.7 Å². The molecule has 0 saturated carbocycles. The average Bonchev–Trinajstić information content (AvgIpc) is 3.00. The molecule has 0 spiro atoms. The van der Waals surface area contributed by atoms with Gasteiger partial charge in [0, 0.05) is 59.3 Å². The predicted molar refractivity (Wildman–Crippen MR) is 163 cm³/mol. The molecule has 0 amide bonds. The Labute approximate surface area is 246 Å². The molecule has 1 aromatic heterocycles. The van der Waals surface area contributed by atoms with Gasteiger partial charge in [-0.2, -0.15) is 0 Å². The predicted octanol–water partition coefficient (Wildman–Crippen LogP) is 4.66. The first-order chi connectivity index (χ1) is 19.8. The summed E-state index contributed by atoms with van der Waals surface area (Å²) < 4.78 is 46.4. The van der Waals surface area contributed by atoms with Crippen LogP contribution >= 0.6 is 0 Å². The molecule has 2 saturated heterocycles. The summed E-state index contributed by atoms with van der Waals surface area (Å²) in [5.74, 6) is 1.05. The number of anilines is 1. The molecule has 2 aliphatic heterocycles. The van der Waals surface area contributed by atoms with Crippen molar-refractivity contribution in [2.75, 3.05) is 50.5 Å². The monoisotopic (exact) mass is 599 g/mol. The van der Waals surface area contributed by atoms with E-state index < -0.39 is 20.6 Å². The van der Waals surface area contributed by atoms with E-state index in [2.05, 4.69) is 21.7 Å². The van der Waals surface area contributed by atoms with Crippen molar-refractivity contribution in [2.45, 2.75) is 66.2 Å². The number of aromatic nitrogens is 1. The van der Waals surface area contributed by atoms with Crippen LogP contribution in [-0.4, -0.2) is 79.3 Å². The Morgan fingerprint density at radius 2 is 1.73 bits per heavy atom. The fourth-order valence-electron chi connectivity index (χ4n) is 5.97. The first-order valence-corrected chi connectivity index (χ1v) is 17.7. The number of fused-ring (bicyclic) bond motifs is 1. The number of nitrogens with zero attached hydrogens (tertiary/aromatic N) is 3. The third-order valence-corrected chi connectivity index (χ3v) is 11.2. The van der Waals surface area contributed by atoms with Gasteiger partial charge in [-0.3, -0.25) is 9.19 Å². The van der Waals surface area contributed by atoms with Crippen LogP contribution in [0.1, 0.15) is 45.4 Å². The number of hydrogen-bond donors (Lipinski definition) is 1. The molecule has 3 aromatic rings. The number of unbranched alkanes of at least 4 members (excludes halogenated alkanes) is 1. The molecule has 41 heavy (non-hydrogen) atoms. The van der Waals surface area contributed by atoms with Gasteiger partial charge in [-0.15, -0.1) is 0 Å². The maximum absolute atomic E-state index is 14.1. The first kappa shape index (κ1) is 29.9. The Bertz CT molecular complexity index is 1460. The summed E-state index contributed by atoms with van der Waals surface area (Å²) in [6.45, 7) is 6.38. The molecule has 0 radical (unpaired) electrons. The fourth-order valence-corrected chi connectivity index (χ4v) is 7.95. The summed E-state index contributed by atoms with van der Waals surface area (Å²) in [5.41, 5.74) is 1.32. The molecule has 2 fully saturated rings. The summed E-state index contributed by atoms with van der Waals surface area (Å²) >= 11 is 0. The second-order valence-electron chi connectivity index (χ2n) is 11.2. The van der Waals surface area contributed by atoms with Gasteiger partial charge in [-0.25, -0.2) is 8.42 Å². The van der Waals surface area contributed by atoms with Gasteiger partial charge in [0.05, 0.1) is 22.7 Å². The van der Waals surface area contributed by atoms with Crippen LogP contribution in [0.5, 0.6) is 5.75 Å². The molecule has 2 aliphatic rings. The molecular formula is C31H41N3O5S2. The van der Waals surface area contributed by atoms with Crippen LogP contribution in [0.2, 0.25) is 0 Å². The molecule has 0 bridgehead atoms. The molecule has 5 rings (SSSR count). The van der Waals surface area contributed by atoms with Crippen molar-refractivity contribution in [1.29, 1.82) is 0 Å². The van der Waals surface area contributed by atoms with Crippen LogP contribution in [-0.2, 0) is 20.6 Å². The highest BCUT2D eigenvalue weighted by Crippen LogP contribution is 2.38. The van der Waals surface area contributed by atoms with Gasteiger partial charge in [0.25, 0.3) is 0 Å². The van der Waals surface area contributed by atoms with E-state index in [0.29, 0.717) is 45.8 Å². The van der Waals surface area contributed by atoms with Crippen LogP contribution < -0.4 is 9.64 Å². The molecule has 1 N–H and O–H groups in total. The maximum atomic E-state index is 14.1. The topological polar surface area (TPSA) is 100 Å². The quantitative estimate of drug-likeness (QED) is 0.336. The Morgan fingerprint density at radius 1 is 1.02 bits per heavy atom. The lowest BCUT2D eigenvalue weighted by molar-refractivity contribution is 0.0896. The third-order valence-electron chi connectivity index (χ3n) is 8.50. The summed E-state index contributed by atoms with van der Waals surface area (Å²) in [7, 11) is -5.11. The van der Waals surface area contributed by atoms with E-state index in [1.807, 2.05) is 12.1 Å². The number of piperidine rings is 2. The minimum absolute atomic E-state index is 0.172. The second-order valence-corrected chi connectivity index (χ2v) is 14.5. The number of rotatable bonds is 10. The van der Waals surface area contributed by atoms with Gasteiger partial charge in [-0.1, -0.05) is 13.3 Å². The number of hydrogen-bond acceptors (Lipinski definition) is 8. The smallest absolute Gasteiger partial charge is 0.210 e. The molecule has 2 aromatic carbocycles. The number of pyridine rings is 1. The lowest BCUT2D eigenvalue weighted by Gasteiger charge is -2.42.